The molecule has 0 amide bonds. The van der Waals surface area contributed by atoms with Crippen LogP contribution >= 0.6 is 0 Å². The molecular weight excluding hydrogens is 392 g/mol. The fourth-order valence-corrected chi connectivity index (χ4v) is 9.54. The number of hydrogen-bond acceptors (Lipinski definition) is 3. The monoisotopic (exact) mass is 432 g/mol. The molecule has 32 heavy (non-hydrogen) atoms. The third kappa shape index (κ3) is 2.28. The van der Waals surface area contributed by atoms with Gasteiger partial charge in [-0.15, -0.1) is 0 Å². The molecule has 3 heteroatoms. The lowest BCUT2D eigenvalue weighted by molar-refractivity contribution is -0.288. The van der Waals surface area contributed by atoms with Crippen molar-refractivity contribution >= 4 is 5.57 Å². The van der Waals surface area contributed by atoms with Gasteiger partial charge >= 0.3 is 0 Å². The van der Waals surface area contributed by atoms with Gasteiger partial charge in [-0.25, -0.2) is 0 Å². The highest BCUT2D eigenvalue weighted by atomic mass is 16.3. The molecule has 0 radical (unpaired) electrons. The van der Waals surface area contributed by atoms with Gasteiger partial charge in [-0.3, -0.25) is 4.98 Å². The number of fused-ring (bicyclic) bond motifs is 5. The van der Waals surface area contributed by atoms with Crippen LogP contribution in [-0.4, -0.2) is 15.7 Å². The van der Waals surface area contributed by atoms with Crippen molar-refractivity contribution in [3.8, 4) is 6.07 Å². The van der Waals surface area contributed by atoms with E-state index in [1.807, 2.05) is 18.5 Å². The summed E-state index contributed by atoms with van der Waals surface area (Å²) in [6.45, 7) is 14.4. The lowest BCUT2D eigenvalue weighted by Crippen LogP contribution is -2.72. The normalized spacial score (nSPS) is 52.2. The minimum absolute atomic E-state index is 0.0173. The van der Waals surface area contributed by atoms with Crippen LogP contribution in [0.1, 0.15) is 92.1 Å². The lowest BCUT2D eigenvalue weighted by Gasteiger charge is -2.75. The third-order valence-electron chi connectivity index (χ3n) is 12.2. The van der Waals surface area contributed by atoms with Crippen LogP contribution < -0.4 is 0 Å². The summed E-state index contributed by atoms with van der Waals surface area (Å²) in [6, 6.07) is 6.72. The van der Waals surface area contributed by atoms with Crippen LogP contribution in [0.25, 0.3) is 5.57 Å². The molecule has 1 heterocycles. The highest BCUT2D eigenvalue weighted by Crippen LogP contribution is 2.80. The van der Waals surface area contributed by atoms with E-state index in [-0.39, 0.29) is 27.1 Å². The maximum atomic E-state index is 12.1. The molecule has 1 N–H and O–H groups in total. The second-order valence-corrected chi connectivity index (χ2v) is 13.0. The Morgan fingerprint density at radius 3 is 2.44 bits per heavy atom. The van der Waals surface area contributed by atoms with Gasteiger partial charge in [0.05, 0.1) is 6.07 Å². The largest absolute Gasteiger partial charge is 0.375 e. The summed E-state index contributed by atoms with van der Waals surface area (Å²) in [5, 5.41) is 22.5. The minimum atomic E-state index is -1.28. The summed E-state index contributed by atoms with van der Waals surface area (Å²) >= 11 is 0. The number of aromatic nitrogens is 1. The molecule has 0 unspecified atom stereocenters. The lowest BCUT2D eigenvalue weighted by atomic mass is 9.29. The van der Waals surface area contributed by atoms with Crippen LogP contribution in [0.5, 0.6) is 0 Å². The standard InChI is InChI=1S/C29H40N2O/c1-20-9-12-27(5)26(4)14-13-24(2)22(21-8-7-15-31-18-21)10-11-25(24,3)23(26)17-29(32,19-30)28(27,6)16-20/h7-8,10,15,18,20,23,32H,9,11-14,16-17H2,1-6H3/t20-,23-,24+,25-,26-,27+,28-,29-/m0/s1. The summed E-state index contributed by atoms with van der Waals surface area (Å²) in [5.41, 5.74) is 1.10. The first-order chi connectivity index (χ1) is 14.9. The summed E-state index contributed by atoms with van der Waals surface area (Å²) in [5.74, 6) is 0.859. The molecule has 8 atom stereocenters. The molecular formula is C29H40N2O. The Kier molecular flexibility index (Phi) is 4.48. The number of hydrogen-bond donors (Lipinski definition) is 1. The number of allylic oxidation sites excluding steroid dienone is 2. The van der Waals surface area contributed by atoms with Gasteiger partial charge in [-0.05, 0) is 89.2 Å². The van der Waals surface area contributed by atoms with Crippen molar-refractivity contribution in [2.75, 3.05) is 0 Å². The Hall–Kier alpha value is -1.66. The van der Waals surface area contributed by atoms with Crippen molar-refractivity contribution in [3.63, 3.8) is 0 Å². The van der Waals surface area contributed by atoms with Gasteiger partial charge in [0, 0.05) is 17.8 Å². The van der Waals surface area contributed by atoms with Crippen LogP contribution in [0, 0.1) is 50.2 Å². The van der Waals surface area contributed by atoms with E-state index < -0.39 is 5.60 Å². The Morgan fingerprint density at radius 1 is 1.03 bits per heavy atom. The smallest absolute Gasteiger partial charge is 0.157 e. The second kappa shape index (κ2) is 6.47. The molecule has 172 valence electrons. The molecule has 0 spiro atoms. The topological polar surface area (TPSA) is 56.9 Å². The van der Waals surface area contributed by atoms with E-state index in [9.17, 15) is 10.4 Å². The van der Waals surface area contributed by atoms with Crippen LogP contribution in [-0.2, 0) is 0 Å². The maximum absolute atomic E-state index is 12.1. The molecule has 4 aliphatic carbocycles. The Balaban J connectivity index is 1.65. The average Bonchev–Trinajstić information content (AvgIpc) is 3.05. The highest BCUT2D eigenvalue weighted by Gasteiger charge is 2.76. The number of rotatable bonds is 1. The zero-order valence-electron chi connectivity index (χ0n) is 20.8. The number of nitriles is 1. The molecule has 0 aliphatic heterocycles. The molecule has 0 saturated heterocycles. The van der Waals surface area contributed by atoms with Gasteiger partial charge in [0.25, 0.3) is 0 Å². The molecule has 0 aromatic carbocycles. The van der Waals surface area contributed by atoms with Crippen LogP contribution in [0.4, 0.5) is 0 Å². The molecule has 3 fully saturated rings. The van der Waals surface area contributed by atoms with Crippen molar-refractivity contribution in [1.29, 1.82) is 5.26 Å². The third-order valence-corrected chi connectivity index (χ3v) is 12.2. The van der Waals surface area contributed by atoms with E-state index in [0.29, 0.717) is 18.3 Å². The molecule has 4 aliphatic rings. The van der Waals surface area contributed by atoms with Crippen molar-refractivity contribution in [2.24, 2.45) is 38.9 Å². The second-order valence-electron chi connectivity index (χ2n) is 13.0. The number of nitrogens with zero attached hydrogens (tertiary/aromatic N) is 2. The van der Waals surface area contributed by atoms with E-state index >= 15 is 0 Å². The molecule has 0 bridgehead atoms. The zero-order valence-corrected chi connectivity index (χ0v) is 20.8. The molecule has 5 rings (SSSR count). The number of pyridine rings is 1. The van der Waals surface area contributed by atoms with Crippen molar-refractivity contribution in [3.05, 3.63) is 36.2 Å². The molecule has 1 aromatic heterocycles. The fraction of sp³-hybridized carbons (Fsp3) is 0.724. The highest BCUT2D eigenvalue weighted by molar-refractivity contribution is 5.73. The predicted molar refractivity (Wildman–Crippen MR) is 128 cm³/mol. The van der Waals surface area contributed by atoms with Gasteiger partial charge in [0.15, 0.2) is 5.60 Å². The van der Waals surface area contributed by atoms with Gasteiger partial charge in [-0.1, -0.05) is 60.1 Å². The molecule has 1 aromatic rings. The Morgan fingerprint density at radius 2 is 1.78 bits per heavy atom. The summed E-state index contributed by atoms with van der Waals surface area (Å²) in [4.78, 5) is 4.41. The zero-order chi connectivity index (χ0) is 23.2. The summed E-state index contributed by atoms with van der Waals surface area (Å²) in [7, 11) is 0. The Labute approximate surface area is 194 Å². The molecule has 3 saturated carbocycles. The number of aliphatic hydroxyl groups is 1. The van der Waals surface area contributed by atoms with E-state index in [1.165, 1.54) is 17.6 Å². The first kappa shape index (κ1) is 22.1. The fourth-order valence-electron chi connectivity index (χ4n) is 9.54. The van der Waals surface area contributed by atoms with Gasteiger partial charge in [-0.2, -0.15) is 5.26 Å². The molecule has 3 nitrogen and oxygen atoms in total. The van der Waals surface area contributed by atoms with Gasteiger partial charge in [0.1, 0.15) is 0 Å². The van der Waals surface area contributed by atoms with E-state index in [1.54, 1.807) is 0 Å². The first-order valence-corrected chi connectivity index (χ1v) is 12.7. The van der Waals surface area contributed by atoms with Crippen LogP contribution in [0.2, 0.25) is 0 Å². The van der Waals surface area contributed by atoms with Crippen molar-refractivity contribution in [2.45, 2.75) is 92.1 Å². The van der Waals surface area contributed by atoms with Gasteiger partial charge in [0.2, 0.25) is 0 Å². The Bertz CT molecular complexity index is 1010. The maximum Gasteiger partial charge on any atom is 0.157 e. The van der Waals surface area contributed by atoms with E-state index in [0.717, 1.165) is 32.1 Å². The first-order valence-electron chi connectivity index (χ1n) is 12.7. The SMILES string of the molecule is C[C@H]1CC[C@@]2(C)[C@](C)(C1)[C@@](O)(C#N)C[C@@H]1[C@]2(C)CC[C@]2(C)C(c3cccnc3)=CC[C@@]12C. The summed E-state index contributed by atoms with van der Waals surface area (Å²) < 4.78 is 0. The predicted octanol–water partition coefficient (Wildman–Crippen LogP) is 6.79. The van der Waals surface area contributed by atoms with E-state index in [4.69, 9.17) is 0 Å². The van der Waals surface area contributed by atoms with Gasteiger partial charge < -0.3 is 5.11 Å². The van der Waals surface area contributed by atoms with Crippen LogP contribution in [0.15, 0.2) is 30.6 Å². The van der Waals surface area contributed by atoms with Crippen LogP contribution in [0.3, 0.4) is 0 Å². The summed E-state index contributed by atoms with van der Waals surface area (Å²) in [6.07, 6.45) is 13.5. The van der Waals surface area contributed by atoms with Crippen molar-refractivity contribution in [1.82, 2.24) is 4.98 Å². The quantitative estimate of drug-likeness (QED) is 0.497. The van der Waals surface area contributed by atoms with Crippen molar-refractivity contribution < 1.29 is 5.11 Å². The van der Waals surface area contributed by atoms with E-state index in [2.05, 4.69) is 64.7 Å². The minimum Gasteiger partial charge on any atom is -0.375 e. The average molecular weight is 433 g/mol.